The smallest absolute Gasteiger partial charge is 0.0701 e. The molecule has 0 aromatic heterocycles. The van der Waals surface area contributed by atoms with Crippen molar-refractivity contribution in [1.29, 1.82) is 0 Å². The van der Waals surface area contributed by atoms with E-state index in [1.165, 1.54) is 19.3 Å². The summed E-state index contributed by atoms with van der Waals surface area (Å²) in [6, 6.07) is 0. The Labute approximate surface area is 135 Å². The number of ether oxygens (including phenoxy) is 3. The summed E-state index contributed by atoms with van der Waals surface area (Å²) in [5.41, 5.74) is 0. The third kappa shape index (κ3) is 10.5. The molecule has 1 aliphatic carbocycles. The molecule has 0 spiro atoms. The van der Waals surface area contributed by atoms with E-state index in [1.807, 2.05) is 0 Å². The van der Waals surface area contributed by atoms with Gasteiger partial charge in [0, 0.05) is 25.1 Å². The molecular weight excluding hydrogens is 290 g/mol. The van der Waals surface area contributed by atoms with Gasteiger partial charge in [-0.3, -0.25) is 0 Å². The molecular formula is C16H32ClNO3. The summed E-state index contributed by atoms with van der Waals surface area (Å²) in [5.74, 6) is 0.786. The minimum Gasteiger partial charge on any atom is -0.379 e. The highest BCUT2D eigenvalue weighted by atomic mass is 35.5. The van der Waals surface area contributed by atoms with E-state index in [0.717, 1.165) is 38.6 Å². The zero-order valence-corrected chi connectivity index (χ0v) is 14.4. The molecule has 0 saturated heterocycles. The van der Waals surface area contributed by atoms with E-state index in [1.54, 1.807) is 0 Å². The molecule has 4 nitrogen and oxygen atoms in total. The summed E-state index contributed by atoms with van der Waals surface area (Å²) in [5, 5.41) is 0.419. The maximum Gasteiger partial charge on any atom is 0.0701 e. The average Bonchev–Trinajstić information content (AvgIpc) is 2.43. The maximum absolute atomic E-state index is 5.98. The third-order valence-corrected chi connectivity index (χ3v) is 4.11. The Morgan fingerprint density at radius 2 is 1.52 bits per heavy atom. The molecule has 1 aliphatic rings. The molecule has 1 rings (SSSR count). The van der Waals surface area contributed by atoms with Gasteiger partial charge < -0.3 is 19.1 Å². The van der Waals surface area contributed by atoms with Crippen molar-refractivity contribution in [3.8, 4) is 0 Å². The zero-order chi connectivity index (χ0) is 15.3. The molecule has 0 amide bonds. The van der Waals surface area contributed by atoms with Crippen LogP contribution in [-0.4, -0.2) is 70.1 Å². The van der Waals surface area contributed by atoms with E-state index in [9.17, 15) is 0 Å². The molecule has 21 heavy (non-hydrogen) atoms. The lowest BCUT2D eigenvalue weighted by Gasteiger charge is -2.34. The van der Waals surface area contributed by atoms with Crippen LogP contribution in [-0.2, 0) is 14.2 Å². The van der Waals surface area contributed by atoms with E-state index in [2.05, 4.69) is 18.9 Å². The summed E-state index contributed by atoms with van der Waals surface area (Å²) >= 11 is 5.98. The van der Waals surface area contributed by atoms with E-state index < -0.39 is 0 Å². The number of unbranched alkanes of at least 4 members (excludes halogenated alkanes) is 1. The first kappa shape index (κ1) is 19.2. The molecule has 1 saturated carbocycles. The van der Waals surface area contributed by atoms with Crippen LogP contribution in [0.1, 0.15) is 32.6 Å². The highest BCUT2D eigenvalue weighted by molar-refractivity contribution is 6.21. The lowest BCUT2D eigenvalue weighted by atomic mass is 9.84. The van der Waals surface area contributed by atoms with Gasteiger partial charge in [0.25, 0.3) is 0 Å². The van der Waals surface area contributed by atoms with Gasteiger partial charge in [0.1, 0.15) is 0 Å². The molecule has 0 radical (unpaired) electrons. The van der Waals surface area contributed by atoms with Crippen LogP contribution < -0.4 is 0 Å². The largest absolute Gasteiger partial charge is 0.379 e. The zero-order valence-electron chi connectivity index (χ0n) is 13.7. The molecule has 1 fully saturated rings. The van der Waals surface area contributed by atoms with E-state index in [-0.39, 0.29) is 0 Å². The molecule has 0 bridgehead atoms. The van der Waals surface area contributed by atoms with Gasteiger partial charge in [-0.15, -0.1) is 11.6 Å². The van der Waals surface area contributed by atoms with E-state index >= 15 is 0 Å². The van der Waals surface area contributed by atoms with Crippen LogP contribution in [0.4, 0.5) is 0 Å². The highest BCUT2D eigenvalue weighted by Gasteiger charge is 2.27. The minimum atomic E-state index is 0.419. The van der Waals surface area contributed by atoms with Gasteiger partial charge in [0.2, 0.25) is 0 Å². The summed E-state index contributed by atoms with van der Waals surface area (Å²) in [6.07, 6.45) is 4.64. The number of alkyl halides is 1. The Hall–Kier alpha value is 0.130. The van der Waals surface area contributed by atoms with Crippen molar-refractivity contribution < 1.29 is 14.2 Å². The molecule has 5 heteroatoms. The summed E-state index contributed by atoms with van der Waals surface area (Å²) in [4.78, 5) is 2.33. The van der Waals surface area contributed by atoms with Gasteiger partial charge in [-0.25, -0.2) is 0 Å². The third-order valence-electron chi connectivity index (χ3n) is 3.75. The van der Waals surface area contributed by atoms with Crippen molar-refractivity contribution in [2.75, 3.05) is 59.8 Å². The molecule has 0 heterocycles. The Morgan fingerprint density at radius 1 is 0.952 bits per heavy atom. The van der Waals surface area contributed by atoms with Crippen LogP contribution in [0.25, 0.3) is 0 Å². The van der Waals surface area contributed by atoms with Gasteiger partial charge in [-0.1, -0.05) is 13.3 Å². The fourth-order valence-corrected chi connectivity index (χ4v) is 2.85. The monoisotopic (exact) mass is 321 g/mol. The number of hydrogen-bond acceptors (Lipinski definition) is 4. The quantitative estimate of drug-likeness (QED) is 0.363. The first-order valence-corrected chi connectivity index (χ1v) is 8.71. The standard InChI is InChI=1S/C16H32ClNO3/c1-3-4-6-19-8-10-21-11-9-20-7-5-18(2)14-15-12-16(17)13-15/h15-16H,3-14H2,1-2H3. The first-order chi connectivity index (χ1) is 10.2. The van der Waals surface area contributed by atoms with Crippen molar-refractivity contribution in [1.82, 2.24) is 4.90 Å². The van der Waals surface area contributed by atoms with Crippen LogP contribution in [0.3, 0.4) is 0 Å². The summed E-state index contributed by atoms with van der Waals surface area (Å²) < 4.78 is 16.4. The SMILES string of the molecule is CCCCOCCOCCOCCN(C)CC1CC(Cl)C1. The van der Waals surface area contributed by atoms with Crippen molar-refractivity contribution in [2.45, 2.75) is 38.0 Å². The van der Waals surface area contributed by atoms with Crippen LogP contribution >= 0.6 is 11.6 Å². The summed E-state index contributed by atoms with van der Waals surface area (Å²) in [6.45, 7) is 8.54. The Bertz CT molecular complexity index is 238. The van der Waals surface area contributed by atoms with Crippen molar-refractivity contribution in [3.05, 3.63) is 0 Å². The molecule has 0 N–H and O–H groups in total. The predicted molar refractivity (Wildman–Crippen MR) is 87.2 cm³/mol. The minimum absolute atomic E-state index is 0.419. The topological polar surface area (TPSA) is 30.9 Å². The molecule has 126 valence electrons. The van der Waals surface area contributed by atoms with Crippen molar-refractivity contribution >= 4 is 11.6 Å². The van der Waals surface area contributed by atoms with Crippen LogP contribution in [0.2, 0.25) is 0 Å². The van der Waals surface area contributed by atoms with Crippen LogP contribution in [0.15, 0.2) is 0 Å². The van der Waals surface area contributed by atoms with Crippen molar-refractivity contribution in [2.24, 2.45) is 5.92 Å². The fraction of sp³-hybridized carbons (Fsp3) is 1.00. The second-order valence-corrected chi connectivity index (χ2v) is 6.50. The Kier molecular flexibility index (Phi) is 11.6. The number of halogens is 1. The van der Waals surface area contributed by atoms with Crippen LogP contribution in [0.5, 0.6) is 0 Å². The van der Waals surface area contributed by atoms with E-state index in [0.29, 0.717) is 31.8 Å². The molecule has 0 unspecified atom stereocenters. The van der Waals surface area contributed by atoms with Crippen molar-refractivity contribution in [3.63, 3.8) is 0 Å². The molecule has 0 atom stereocenters. The number of rotatable bonds is 14. The van der Waals surface area contributed by atoms with Gasteiger partial charge >= 0.3 is 0 Å². The lowest BCUT2D eigenvalue weighted by molar-refractivity contribution is 0.0102. The first-order valence-electron chi connectivity index (χ1n) is 8.28. The Balaban J connectivity index is 1.74. The van der Waals surface area contributed by atoms with Gasteiger partial charge in [0.05, 0.1) is 33.0 Å². The second-order valence-electron chi connectivity index (χ2n) is 5.89. The number of hydrogen-bond donors (Lipinski definition) is 0. The van der Waals surface area contributed by atoms with Gasteiger partial charge in [-0.2, -0.15) is 0 Å². The molecule has 0 aromatic carbocycles. The normalized spacial score (nSPS) is 21.7. The van der Waals surface area contributed by atoms with E-state index in [4.69, 9.17) is 25.8 Å². The fourth-order valence-electron chi connectivity index (χ4n) is 2.34. The highest BCUT2D eigenvalue weighted by Crippen LogP contribution is 2.32. The molecule has 0 aromatic rings. The summed E-state index contributed by atoms with van der Waals surface area (Å²) in [7, 11) is 2.15. The van der Waals surface area contributed by atoms with Gasteiger partial charge in [0.15, 0.2) is 0 Å². The second kappa shape index (κ2) is 12.7. The molecule has 0 aliphatic heterocycles. The number of nitrogens with zero attached hydrogens (tertiary/aromatic N) is 1. The predicted octanol–water partition coefficient (Wildman–Crippen LogP) is 2.79. The van der Waals surface area contributed by atoms with Crippen LogP contribution in [0, 0.1) is 5.92 Å². The maximum atomic E-state index is 5.98. The lowest BCUT2D eigenvalue weighted by Crippen LogP contribution is -2.36. The Morgan fingerprint density at radius 3 is 2.10 bits per heavy atom. The average molecular weight is 322 g/mol. The van der Waals surface area contributed by atoms with Gasteiger partial charge in [-0.05, 0) is 32.2 Å². The number of likely N-dealkylation sites (N-methyl/N-ethyl adjacent to an activating group) is 1.